The molecule has 4 aromatic heterocycles. The number of aryl methyl sites for hydroxylation is 1. The molecule has 0 aliphatic carbocycles. The SMILES string of the molecule is CC(C)(C)c1ccnc(-c2[c-]cccc2)c1.CC(C)c1cc(-c2ccccc2)cc(C(C)C)c1-n1c(-c2[c-]ccc3c2oc2cc4c5ccc(C#N)cc5n(C)c4cc23)nc2ccccc21.[Ir]. The van der Waals surface area contributed by atoms with Crippen molar-refractivity contribution in [2.45, 2.75) is 65.7 Å². The van der Waals surface area contributed by atoms with Crippen LogP contribution in [-0.2, 0) is 32.6 Å². The van der Waals surface area contributed by atoms with E-state index in [2.05, 4.69) is 185 Å². The summed E-state index contributed by atoms with van der Waals surface area (Å²) in [5.74, 6) is 1.33. The molecule has 0 aliphatic heterocycles. The number of nitriles is 1. The van der Waals surface area contributed by atoms with Crippen molar-refractivity contribution >= 4 is 54.8 Å². The first-order chi connectivity index (χ1) is 31.9. The van der Waals surface area contributed by atoms with E-state index in [1.807, 2.05) is 54.7 Å². The Morgan fingerprint density at radius 3 is 2.07 bits per heavy atom. The molecule has 1 radical (unpaired) electrons. The van der Waals surface area contributed by atoms with E-state index in [-0.39, 0.29) is 37.4 Å². The summed E-state index contributed by atoms with van der Waals surface area (Å²) in [6.07, 6.45) is 1.87. The monoisotopic (exact) mass is 1050 g/mol. The van der Waals surface area contributed by atoms with Crippen molar-refractivity contribution in [2.75, 3.05) is 0 Å². The van der Waals surface area contributed by atoms with Gasteiger partial charge in [-0.05, 0) is 105 Å². The fraction of sp³-hybridized carbons (Fsp3) is 0.183. The third-order valence-electron chi connectivity index (χ3n) is 12.8. The van der Waals surface area contributed by atoms with E-state index in [4.69, 9.17) is 9.40 Å². The molecule has 11 rings (SSSR count). The fourth-order valence-electron chi connectivity index (χ4n) is 9.30. The van der Waals surface area contributed by atoms with E-state index in [1.54, 1.807) is 0 Å². The number of furan rings is 1. The van der Waals surface area contributed by atoms with Gasteiger partial charge in [0.25, 0.3) is 0 Å². The number of benzene rings is 7. The number of fused-ring (bicyclic) bond motifs is 7. The number of imidazole rings is 1. The molecular formula is C60H51IrN5O-2. The van der Waals surface area contributed by atoms with Gasteiger partial charge in [-0.2, -0.15) is 5.26 Å². The normalized spacial score (nSPS) is 11.7. The molecule has 0 fully saturated rings. The first kappa shape index (κ1) is 45.1. The maximum atomic E-state index is 9.52. The largest absolute Gasteiger partial charge is 0.501 e. The van der Waals surface area contributed by atoms with Crippen LogP contribution >= 0.6 is 0 Å². The Balaban J connectivity index is 0.000000281. The number of hydrogen-bond donors (Lipinski definition) is 0. The van der Waals surface area contributed by atoms with Gasteiger partial charge < -0.3 is 18.5 Å². The summed E-state index contributed by atoms with van der Waals surface area (Å²) in [4.78, 5) is 9.71. The van der Waals surface area contributed by atoms with Crippen LogP contribution < -0.4 is 0 Å². The molecule has 7 heteroatoms. The molecule has 7 aromatic carbocycles. The molecule has 0 saturated carbocycles. The molecule has 67 heavy (non-hydrogen) atoms. The van der Waals surface area contributed by atoms with Crippen LogP contribution in [0.5, 0.6) is 0 Å². The molecule has 6 nitrogen and oxygen atoms in total. The van der Waals surface area contributed by atoms with Gasteiger partial charge in [-0.15, -0.1) is 54.1 Å². The van der Waals surface area contributed by atoms with Crippen molar-refractivity contribution in [3.05, 3.63) is 186 Å². The number of rotatable bonds is 6. The maximum absolute atomic E-state index is 9.52. The van der Waals surface area contributed by atoms with Crippen LogP contribution in [-0.4, -0.2) is 19.1 Å². The Morgan fingerprint density at radius 1 is 0.657 bits per heavy atom. The number of pyridine rings is 1. The number of aromatic nitrogens is 4. The first-order valence-electron chi connectivity index (χ1n) is 22.7. The van der Waals surface area contributed by atoms with E-state index in [0.717, 1.165) is 77.4 Å². The summed E-state index contributed by atoms with van der Waals surface area (Å²) in [6.45, 7) is 15.7. The molecule has 11 aromatic rings. The smallest absolute Gasteiger partial charge is 0.121 e. The standard InChI is InChI=1S/C45H35N4O.C15H16N.Ir/c1-26(2)34-21-30(29-12-7-6-8-13-29)22-35(27(3)4)43(34)49-39-17-10-9-16-38(39)47-45(49)33-15-11-14-32-37-23-41-36(24-42(37)50-44(32)33)31-19-18-28(25-46)20-40(31)48(41)5;1-15(2,3)13-9-10-16-14(11-13)12-7-5-4-6-8-12;/h6-14,16-24,26-27H,1-5H3;4-7,9-11H,1-3H3;/q2*-1;. The summed E-state index contributed by atoms with van der Waals surface area (Å²) in [5, 5.41) is 13.8. The van der Waals surface area contributed by atoms with Crippen molar-refractivity contribution in [3.8, 4) is 45.5 Å². The van der Waals surface area contributed by atoms with Crippen molar-refractivity contribution < 1.29 is 24.5 Å². The van der Waals surface area contributed by atoms with E-state index in [0.29, 0.717) is 5.56 Å². The predicted molar refractivity (Wildman–Crippen MR) is 272 cm³/mol. The summed E-state index contributed by atoms with van der Waals surface area (Å²) in [5.41, 5.74) is 16.8. The topological polar surface area (TPSA) is 72.6 Å². The van der Waals surface area contributed by atoms with Crippen LogP contribution in [0, 0.1) is 23.5 Å². The van der Waals surface area contributed by atoms with Crippen LogP contribution in [0.4, 0.5) is 0 Å². The Morgan fingerprint density at radius 2 is 1.37 bits per heavy atom. The molecule has 333 valence electrons. The second-order valence-corrected chi connectivity index (χ2v) is 18.9. The molecule has 4 heterocycles. The third kappa shape index (κ3) is 8.16. The van der Waals surface area contributed by atoms with Crippen LogP contribution in [0.15, 0.2) is 156 Å². The third-order valence-corrected chi connectivity index (χ3v) is 12.8. The Kier molecular flexibility index (Phi) is 12.1. The van der Waals surface area contributed by atoms with Gasteiger partial charge in [0.2, 0.25) is 0 Å². The number of hydrogen-bond acceptors (Lipinski definition) is 4. The zero-order valence-electron chi connectivity index (χ0n) is 39.1. The van der Waals surface area contributed by atoms with Gasteiger partial charge >= 0.3 is 0 Å². The Bertz CT molecular complexity index is 3630. The average Bonchev–Trinajstić information content (AvgIpc) is 3.99. The summed E-state index contributed by atoms with van der Waals surface area (Å²) in [7, 11) is 2.06. The molecular weight excluding hydrogens is 999 g/mol. The first-order valence-corrected chi connectivity index (χ1v) is 22.7. The molecule has 0 atom stereocenters. The quantitative estimate of drug-likeness (QED) is 0.156. The maximum Gasteiger partial charge on any atom is 0.121 e. The Labute approximate surface area is 405 Å². The average molecular weight is 1050 g/mol. The van der Waals surface area contributed by atoms with Gasteiger partial charge in [-0.25, -0.2) is 0 Å². The van der Waals surface area contributed by atoms with Gasteiger partial charge in [-0.3, -0.25) is 4.98 Å². The fourth-order valence-corrected chi connectivity index (χ4v) is 9.30. The van der Waals surface area contributed by atoms with Gasteiger partial charge in [0, 0.05) is 60.7 Å². The molecule has 0 unspecified atom stereocenters. The molecule has 0 bridgehead atoms. The van der Waals surface area contributed by atoms with Crippen LogP contribution in [0.1, 0.15) is 82.6 Å². The molecule has 0 N–H and O–H groups in total. The van der Waals surface area contributed by atoms with E-state index < -0.39 is 0 Å². The second-order valence-electron chi connectivity index (χ2n) is 18.9. The van der Waals surface area contributed by atoms with Gasteiger partial charge in [0.15, 0.2) is 0 Å². The van der Waals surface area contributed by atoms with Gasteiger partial charge in [-0.1, -0.05) is 114 Å². The molecule has 0 amide bonds. The van der Waals surface area contributed by atoms with Crippen molar-refractivity contribution in [3.63, 3.8) is 0 Å². The predicted octanol–water partition coefficient (Wildman–Crippen LogP) is 15.7. The summed E-state index contributed by atoms with van der Waals surface area (Å²) in [6, 6.07) is 59.3. The number of para-hydroxylation sites is 2. The van der Waals surface area contributed by atoms with Gasteiger partial charge in [0.05, 0.1) is 39.6 Å². The second kappa shape index (κ2) is 17.9. The van der Waals surface area contributed by atoms with Crippen molar-refractivity contribution in [1.29, 1.82) is 5.26 Å². The zero-order valence-corrected chi connectivity index (χ0v) is 41.5. The minimum absolute atomic E-state index is 0. The zero-order chi connectivity index (χ0) is 45.9. The van der Waals surface area contributed by atoms with Crippen LogP contribution in [0.25, 0.3) is 94.2 Å². The molecule has 0 aliphatic rings. The number of nitrogens with zero attached hydrogens (tertiary/aromatic N) is 5. The van der Waals surface area contributed by atoms with E-state index in [9.17, 15) is 5.26 Å². The Hall–Kier alpha value is -7.10. The van der Waals surface area contributed by atoms with E-state index in [1.165, 1.54) is 33.5 Å². The minimum atomic E-state index is 0. The molecule has 0 spiro atoms. The van der Waals surface area contributed by atoms with Crippen LogP contribution in [0.2, 0.25) is 0 Å². The van der Waals surface area contributed by atoms with Gasteiger partial charge in [0.1, 0.15) is 5.58 Å². The summed E-state index contributed by atoms with van der Waals surface area (Å²) < 4.78 is 11.3. The van der Waals surface area contributed by atoms with Crippen molar-refractivity contribution in [1.82, 2.24) is 19.1 Å². The van der Waals surface area contributed by atoms with Crippen LogP contribution in [0.3, 0.4) is 0 Å². The minimum Gasteiger partial charge on any atom is -0.501 e. The molecule has 0 saturated heterocycles. The summed E-state index contributed by atoms with van der Waals surface area (Å²) >= 11 is 0. The van der Waals surface area contributed by atoms with E-state index >= 15 is 0 Å². The van der Waals surface area contributed by atoms with Crippen molar-refractivity contribution in [2.24, 2.45) is 7.05 Å².